The van der Waals surface area contributed by atoms with E-state index in [0.29, 0.717) is 28.7 Å². The van der Waals surface area contributed by atoms with Gasteiger partial charge in [-0.3, -0.25) is 13.9 Å². The smallest absolute Gasteiger partial charge is 0.330 e. The van der Waals surface area contributed by atoms with Crippen molar-refractivity contribution in [2.24, 2.45) is 12.8 Å². The number of rotatable bonds is 5. The van der Waals surface area contributed by atoms with Gasteiger partial charge in [-0.05, 0) is 44.5 Å². The highest BCUT2D eigenvalue weighted by Crippen LogP contribution is 2.61. The molecule has 2 bridgehead atoms. The van der Waals surface area contributed by atoms with Crippen molar-refractivity contribution in [2.75, 3.05) is 19.5 Å². The van der Waals surface area contributed by atoms with E-state index in [-0.39, 0.29) is 28.3 Å². The summed E-state index contributed by atoms with van der Waals surface area (Å²) in [6.45, 7) is 1.77. The highest BCUT2D eigenvalue weighted by Gasteiger charge is 2.63. The largest absolute Gasteiger partial charge is 0.378 e. The molecule has 0 amide bonds. The fourth-order valence-electron chi connectivity index (χ4n) is 5.13. The number of hydrogen-bond donors (Lipinski definition) is 2. The normalized spacial score (nSPS) is 23.4. The summed E-state index contributed by atoms with van der Waals surface area (Å²) >= 11 is 0. The number of aryl methyl sites for hydroxylation is 2. The van der Waals surface area contributed by atoms with Gasteiger partial charge in [0.15, 0.2) is 11.9 Å². The van der Waals surface area contributed by atoms with Crippen LogP contribution >= 0.6 is 0 Å². The Kier molecular flexibility index (Phi) is 5.38. The van der Waals surface area contributed by atoms with Crippen LogP contribution in [-0.2, 0) is 17.3 Å². The number of nitrogens with one attached hydrogen (secondary N) is 1. The minimum atomic E-state index is -0.619. The van der Waals surface area contributed by atoms with Crippen LogP contribution in [0.3, 0.4) is 0 Å². The SMILES string of the molecule is CN.COC12CCC(n3c(=O)n(C)c4cnc(Nc5cc(F)c(C=O)cc5C)nc43)(C1)C2. The maximum atomic E-state index is 14.1. The number of carbonyl (C=O) groups is 1. The summed E-state index contributed by atoms with van der Waals surface area (Å²) in [7, 11) is 4.94. The van der Waals surface area contributed by atoms with Crippen LogP contribution in [0.5, 0.6) is 0 Å². The predicted octanol–water partition coefficient (Wildman–Crippen LogP) is 2.38. The lowest BCUT2D eigenvalue weighted by molar-refractivity contribution is -0.0906. The molecule has 0 spiro atoms. The van der Waals surface area contributed by atoms with Gasteiger partial charge in [-0.2, -0.15) is 4.98 Å². The molecule has 9 nitrogen and oxygen atoms in total. The second-order valence-electron chi connectivity index (χ2n) is 8.48. The lowest BCUT2D eigenvalue weighted by Crippen LogP contribution is -2.53. The molecular weight excluding hydrogens is 415 g/mol. The number of ether oxygens (including phenoxy) is 1. The van der Waals surface area contributed by atoms with Crippen molar-refractivity contribution >= 4 is 29.1 Å². The monoisotopic (exact) mass is 442 g/mol. The summed E-state index contributed by atoms with van der Waals surface area (Å²) in [5.74, 6) is -0.360. The first-order valence-electron chi connectivity index (χ1n) is 10.4. The van der Waals surface area contributed by atoms with Gasteiger partial charge >= 0.3 is 5.69 Å². The Labute approximate surface area is 184 Å². The first kappa shape index (κ1) is 22.1. The van der Waals surface area contributed by atoms with Gasteiger partial charge < -0.3 is 15.8 Å². The number of halogens is 1. The molecular formula is C22H27FN6O3. The number of carbonyl (C=O) groups excluding carboxylic acids is 1. The Bertz CT molecular complexity index is 1260. The number of nitrogens with zero attached hydrogens (tertiary/aromatic N) is 4. The van der Waals surface area contributed by atoms with Crippen LogP contribution in [-0.4, -0.2) is 45.1 Å². The standard InChI is InChI=1S/C21H22FN5O3.CH5N/c1-12-6-13(9-28)14(22)7-15(12)24-18-23-8-16-17(25-18)27(19(29)26(16)2)20-4-5-21(10-20,11-20)30-3;1-2/h6-9H,4-5,10-11H2,1-3H3,(H,23,24,25);2H2,1H3. The predicted molar refractivity (Wildman–Crippen MR) is 119 cm³/mol. The number of benzene rings is 1. The van der Waals surface area contributed by atoms with Gasteiger partial charge in [0.25, 0.3) is 0 Å². The van der Waals surface area contributed by atoms with Gasteiger partial charge in [-0.15, -0.1) is 0 Å². The van der Waals surface area contributed by atoms with E-state index in [4.69, 9.17) is 4.74 Å². The zero-order valence-corrected chi connectivity index (χ0v) is 18.6. The second kappa shape index (κ2) is 7.79. The van der Waals surface area contributed by atoms with Crippen molar-refractivity contribution in [3.05, 3.63) is 45.8 Å². The number of imidazole rings is 1. The highest BCUT2D eigenvalue weighted by molar-refractivity contribution is 5.78. The van der Waals surface area contributed by atoms with Crippen molar-refractivity contribution in [1.29, 1.82) is 0 Å². The van der Waals surface area contributed by atoms with Gasteiger partial charge in [0.1, 0.15) is 11.3 Å². The second-order valence-corrected chi connectivity index (χ2v) is 8.48. The number of hydrogen-bond acceptors (Lipinski definition) is 7. The summed E-state index contributed by atoms with van der Waals surface area (Å²) in [5.41, 5.74) is 6.29. The van der Waals surface area contributed by atoms with Gasteiger partial charge in [0.2, 0.25) is 5.95 Å². The highest BCUT2D eigenvalue weighted by atomic mass is 19.1. The molecule has 2 heterocycles. The molecule has 0 aliphatic heterocycles. The lowest BCUT2D eigenvalue weighted by Gasteiger charge is -2.46. The zero-order chi connectivity index (χ0) is 23.3. The fraction of sp³-hybridized carbons (Fsp3) is 0.455. The Balaban J connectivity index is 0.00000119. The molecule has 1 aromatic carbocycles. The summed E-state index contributed by atoms with van der Waals surface area (Å²) in [5, 5.41) is 3.02. The van der Waals surface area contributed by atoms with E-state index < -0.39 is 5.82 Å². The molecule has 3 aromatic rings. The van der Waals surface area contributed by atoms with E-state index in [1.807, 2.05) is 0 Å². The molecule has 32 heavy (non-hydrogen) atoms. The van der Waals surface area contributed by atoms with Gasteiger partial charge in [0, 0.05) is 32.7 Å². The molecule has 2 aromatic heterocycles. The Hall–Kier alpha value is -3.11. The van der Waals surface area contributed by atoms with Crippen molar-refractivity contribution in [1.82, 2.24) is 19.1 Å². The topological polar surface area (TPSA) is 117 Å². The molecule has 170 valence electrons. The molecule has 3 aliphatic carbocycles. The molecule has 3 fully saturated rings. The van der Waals surface area contributed by atoms with Crippen molar-refractivity contribution in [2.45, 2.75) is 43.7 Å². The van der Waals surface area contributed by atoms with Crippen molar-refractivity contribution in [3.8, 4) is 0 Å². The Morgan fingerprint density at radius 2 is 2.00 bits per heavy atom. The van der Waals surface area contributed by atoms with E-state index in [1.54, 1.807) is 36.4 Å². The van der Waals surface area contributed by atoms with E-state index in [9.17, 15) is 14.0 Å². The van der Waals surface area contributed by atoms with Gasteiger partial charge in [0.05, 0.1) is 22.9 Å². The third-order valence-corrected chi connectivity index (χ3v) is 6.77. The number of aldehydes is 1. The third-order valence-electron chi connectivity index (χ3n) is 6.77. The molecule has 10 heteroatoms. The quantitative estimate of drug-likeness (QED) is 0.583. The van der Waals surface area contributed by atoms with Gasteiger partial charge in [-0.1, -0.05) is 0 Å². The average molecular weight is 442 g/mol. The van der Waals surface area contributed by atoms with Crippen LogP contribution in [0.4, 0.5) is 16.0 Å². The molecule has 3 N–H and O–H groups in total. The van der Waals surface area contributed by atoms with Crippen LogP contribution in [0.2, 0.25) is 0 Å². The number of methoxy groups -OCH3 is 1. The zero-order valence-electron chi connectivity index (χ0n) is 18.6. The fourth-order valence-corrected chi connectivity index (χ4v) is 5.13. The Morgan fingerprint density at radius 3 is 2.62 bits per heavy atom. The summed E-state index contributed by atoms with van der Waals surface area (Å²) < 4.78 is 23.1. The maximum absolute atomic E-state index is 14.1. The number of nitrogens with two attached hydrogens (primary N) is 1. The van der Waals surface area contributed by atoms with E-state index in [0.717, 1.165) is 25.7 Å². The minimum Gasteiger partial charge on any atom is -0.378 e. The van der Waals surface area contributed by atoms with Crippen molar-refractivity contribution < 1.29 is 13.9 Å². The lowest BCUT2D eigenvalue weighted by atomic mass is 9.73. The maximum Gasteiger partial charge on any atom is 0.330 e. The van der Waals surface area contributed by atoms with Crippen LogP contribution in [0, 0.1) is 12.7 Å². The van der Waals surface area contributed by atoms with Crippen LogP contribution in [0.25, 0.3) is 11.2 Å². The van der Waals surface area contributed by atoms with E-state index in [1.165, 1.54) is 19.2 Å². The molecule has 3 saturated carbocycles. The summed E-state index contributed by atoms with van der Waals surface area (Å²) in [6, 6.07) is 2.72. The van der Waals surface area contributed by atoms with Crippen LogP contribution in [0.1, 0.15) is 41.6 Å². The molecule has 0 unspecified atom stereocenters. The number of anilines is 2. The van der Waals surface area contributed by atoms with Crippen LogP contribution in [0.15, 0.2) is 23.1 Å². The molecule has 0 saturated heterocycles. The van der Waals surface area contributed by atoms with Gasteiger partial charge in [-0.25, -0.2) is 14.2 Å². The van der Waals surface area contributed by atoms with E-state index >= 15 is 0 Å². The average Bonchev–Trinajstić information content (AvgIpc) is 3.41. The van der Waals surface area contributed by atoms with E-state index in [2.05, 4.69) is 21.0 Å². The molecule has 3 aliphatic rings. The Morgan fingerprint density at radius 1 is 1.28 bits per heavy atom. The molecule has 0 radical (unpaired) electrons. The van der Waals surface area contributed by atoms with Crippen LogP contribution < -0.4 is 16.7 Å². The minimum absolute atomic E-state index is 0.00161. The molecule has 0 atom stereocenters. The number of aromatic nitrogens is 4. The third kappa shape index (κ3) is 3.13. The summed E-state index contributed by atoms with van der Waals surface area (Å²) in [4.78, 5) is 32.9. The summed E-state index contributed by atoms with van der Waals surface area (Å²) in [6.07, 6.45) is 5.45. The first-order chi connectivity index (χ1) is 15.3. The molecule has 6 rings (SSSR count). The first-order valence-corrected chi connectivity index (χ1v) is 10.4. The number of fused-ring (bicyclic) bond motifs is 2. The van der Waals surface area contributed by atoms with Crippen molar-refractivity contribution in [3.63, 3.8) is 0 Å².